The number of amides is 2. The average molecular weight is 540 g/mol. The fourth-order valence-corrected chi connectivity index (χ4v) is 4.92. The fourth-order valence-electron chi connectivity index (χ4n) is 4.92. The maximum absolute atomic E-state index is 13.2. The number of hydroxylamine groups is 2. The minimum Gasteiger partial charge on any atom is -0.354 e. The van der Waals surface area contributed by atoms with Gasteiger partial charge < -0.3 is 16.0 Å². The number of aryl methyl sites for hydroxylation is 1. The maximum atomic E-state index is 13.2. The predicted octanol–water partition coefficient (Wildman–Crippen LogP) is 3.65. The van der Waals surface area contributed by atoms with Gasteiger partial charge >= 0.3 is 0 Å². The third-order valence-electron chi connectivity index (χ3n) is 7.18. The molecule has 1 fully saturated rings. The van der Waals surface area contributed by atoms with Crippen LogP contribution in [0, 0.1) is 6.92 Å². The molecule has 0 bridgehead atoms. The van der Waals surface area contributed by atoms with Crippen molar-refractivity contribution in [1.82, 2.24) is 15.3 Å². The van der Waals surface area contributed by atoms with Gasteiger partial charge in [-0.3, -0.25) is 24.1 Å². The molecular formula is C31H33N5O4. The zero-order chi connectivity index (χ0) is 28.1. The van der Waals surface area contributed by atoms with Crippen LogP contribution in [-0.2, 0) is 9.63 Å². The number of carbonyl (C=O) groups is 3. The van der Waals surface area contributed by atoms with Crippen LogP contribution < -0.4 is 16.0 Å². The second kappa shape index (κ2) is 12.3. The van der Waals surface area contributed by atoms with Gasteiger partial charge in [0.2, 0.25) is 0 Å². The number of aldehydes is 1. The van der Waals surface area contributed by atoms with E-state index in [-0.39, 0.29) is 11.8 Å². The number of hydrogen-bond acceptors (Lipinski definition) is 7. The number of piperazine rings is 1. The Hall–Kier alpha value is -4.31. The van der Waals surface area contributed by atoms with Crippen molar-refractivity contribution in [3.05, 3.63) is 94.5 Å². The molecule has 3 aromatic rings. The molecule has 2 amide bonds. The topological polar surface area (TPSA) is 103 Å². The Labute approximate surface area is 233 Å². The summed E-state index contributed by atoms with van der Waals surface area (Å²) in [5.74, 6) is -0.491. The van der Waals surface area contributed by atoms with Crippen LogP contribution in [0.4, 0.5) is 11.4 Å². The third-order valence-corrected chi connectivity index (χ3v) is 7.18. The molecule has 3 aromatic carbocycles. The lowest BCUT2D eigenvalue weighted by molar-refractivity contribution is -0.110. The first kappa shape index (κ1) is 27.3. The molecule has 0 radical (unpaired) electrons. The van der Waals surface area contributed by atoms with Gasteiger partial charge in [0, 0.05) is 67.8 Å². The van der Waals surface area contributed by atoms with Crippen LogP contribution in [0.25, 0.3) is 11.3 Å². The highest BCUT2D eigenvalue weighted by Crippen LogP contribution is 2.38. The van der Waals surface area contributed by atoms with E-state index in [1.165, 1.54) is 5.06 Å². The average Bonchev–Trinajstić information content (AvgIpc) is 3.30. The summed E-state index contributed by atoms with van der Waals surface area (Å²) in [6, 6.07) is 20.2. The largest absolute Gasteiger partial charge is 0.354 e. The molecule has 5 rings (SSSR count). The Morgan fingerprint density at radius 3 is 2.48 bits per heavy atom. The van der Waals surface area contributed by atoms with E-state index in [1.807, 2.05) is 43.3 Å². The number of hydrogen-bond donors (Lipinski definition) is 3. The van der Waals surface area contributed by atoms with Crippen LogP contribution in [-0.4, -0.2) is 74.4 Å². The lowest BCUT2D eigenvalue weighted by atomic mass is 9.97. The molecule has 2 aliphatic heterocycles. The van der Waals surface area contributed by atoms with Gasteiger partial charge in [0.25, 0.3) is 11.8 Å². The zero-order valence-electron chi connectivity index (χ0n) is 22.7. The zero-order valence-corrected chi connectivity index (χ0v) is 22.7. The molecule has 9 nitrogen and oxygen atoms in total. The summed E-state index contributed by atoms with van der Waals surface area (Å²) in [5.41, 5.74) is 5.80. The van der Waals surface area contributed by atoms with E-state index >= 15 is 0 Å². The highest BCUT2D eigenvalue weighted by atomic mass is 16.7. The fraction of sp³-hybridized carbons (Fsp3) is 0.258. The summed E-state index contributed by atoms with van der Waals surface area (Å²) in [7, 11) is 1.62. The van der Waals surface area contributed by atoms with Crippen molar-refractivity contribution in [2.45, 2.75) is 6.92 Å². The summed E-state index contributed by atoms with van der Waals surface area (Å²) in [6.07, 6.45) is 0.789. The predicted molar refractivity (Wildman–Crippen MR) is 156 cm³/mol. The van der Waals surface area contributed by atoms with E-state index in [0.29, 0.717) is 40.4 Å². The number of nitrogens with one attached hydrogen (secondary N) is 3. The van der Waals surface area contributed by atoms with Gasteiger partial charge in [-0.1, -0.05) is 30.3 Å². The molecule has 1 saturated heterocycles. The molecule has 0 spiro atoms. The van der Waals surface area contributed by atoms with Crippen LogP contribution in [0.2, 0.25) is 0 Å². The van der Waals surface area contributed by atoms with Gasteiger partial charge in [-0.15, -0.1) is 0 Å². The molecule has 9 heteroatoms. The van der Waals surface area contributed by atoms with Crippen molar-refractivity contribution in [1.29, 1.82) is 0 Å². The quantitative estimate of drug-likeness (QED) is 0.217. The summed E-state index contributed by atoms with van der Waals surface area (Å²) < 4.78 is 0. The lowest BCUT2D eigenvalue weighted by Gasteiger charge is -2.27. The van der Waals surface area contributed by atoms with E-state index in [9.17, 15) is 14.4 Å². The Morgan fingerprint density at radius 1 is 1.05 bits per heavy atom. The Kier molecular flexibility index (Phi) is 8.35. The normalized spacial score (nSPS) is 16.2. The van der Waals surface area contributed by atoms with Gasteiger partial charge in [-0.2, -0.15) is 0 Å². The van der Waals surface area contributed by atoms with Crippen molar-refractivity contribution >= 4 is 40.7 Å². The van der Waals surface area contributed by atoms with Crippen LogP contribution in [0.15, 0.2) is 66.7 Å². The summed E-state index contributed by atoms with van der Waals surface area (Å²) in [4.78, 5) is 45.5. The highest BCUT2D eigenvalue weighted by Gasteiger charge is 2.29. The third kappa shape index (κ3) is 5.96. The minimum absolute atomic E-state index is 0.237. The monoisotopic (exact) mass is 539 g/mol. The van der Waals surface area contributed by atoms with E-state index in [1.54, 1.807) is 37.4 Å². The van der Waals surface area contributed by atoms with Gasteiger partial charge in [0.05, 0.1) is 17.9 Å². The minimum atomic E-state index is -0.254. The Balaban J connectivity index is 1.35. The Morgan fingerprint density at radius 2 is 1.77 bits per heavy atom. The number of carbonyl (C=O) groups excluding carboxylic acids is 3. The van der Waals surface area contributed by atoms with Crippen molar-refractivity contribution in [3.8, 4) is 0 Å². The standard InChI is InChI=1S/C31H33N5O4/c1-21-18-26-27(19-24(21)20-37)34-30(38)28(26)29(22-6-4-3-5-7-22)33-25-10-8-23(9-11-25)31(39)35(2)40-17-16-36-14-12-32-13-15-36/h3-11,18-20,32-33H,12-17H2,1-2H3,(H,34,38)/b29-28-. The van der Waals surface area contributed by atoms with Gasteiger partial charge in [-0.05, 0) is 54.4 Å². The first-order chi connectivity index (χ1) is 19.4. The van der Waals surface area contributed by atoms with Crippen molar-refractivity contribution < 1.29 is 19.2 Å². The van der Waals surface area contributed by atoms with Gasteiger partial charge in [-0.25, -0.2) is 5.06 Å². The number of nitrogens with zero attached hydrogens (tertiary/aromatic N) is 2. The lowest BCUT2D eigenvalue weighted by Crippen LogP contribution is -2.45. The molecular weight excluding hydrogens is 506 g/mol. The van der Waals surface area contributed by atoms with E-state index in [2.05, 4.69) is 20.9 Å². The molecule has 2 aliphatic rings. The van der Waals surface area contributed by atoms with E-state index in [0.717, 1.165) is 55.7 Å². The van der Waals surface area contributed by atoms with Crippen molar-refractivity contribution in [2.75, 3.05) is 57.0 Å². The first-order valence-corrected chi connectivity index (χ1v) is 13.4. The van der Waals surface area contributed by atoms with Crippen LogP contribution in [0.3, 0.4) is 0 Å². The number of rotatable bonds is 9. The summed E-state index contributed by atoms with van der Waals surface area (Å²) in [6.45, 7) is 6.94. The maximum Gasteiger partial charge on any atom is 0.277 e. The Bertz CT molecular complexity index is 1430. The SMILES string of the molecule is Cc1cc2c(cc1C=O)NC(=O)/C2=C(\Nc1ccc(C(=O)N(C)OCCN2CCNCC2)cc1)c1ccccc1. The second-order valence-corrected chi connectivity index (χ2v) is 9.87. The van der Waals surface area contributed by atoms with E-state index < -0.39 is 0 Å². The molecule has 0 aromatic heterocycles. The summed E-state index contributed by atoms with van der Waals surface area (Å²) in [5, 5.41) is 10.9. The number of anilines is 2. The molecule has 0 saturated carbocycles. The first-order valence-electron chi connectivity index (χ1n) is 13.4. The summed E-state index contributed by atoms with van der Waals surface area (Å²) >= 11 is 0. The van der Waals surface area contributed by atoms with Crippen LogP contribution in [0.5, 0.6) is 0 Å². The van der Waals surface area contributed by atoms with Crippen molar-refractivity contribution in [2.24, 2.45) is 0 Å². The van der Waals surface area contributed by atoms with Gasteiger partial charge in [0.1, 0.15) is 6.29 Å². The van der Waals surface area contributed by atoms with Gasteiger partial charge in [0.15, 0.2) is 0 Å². The smallest absolute Gasteiger partial charge is 0.277 e. The second-order valence-electron chi connectivity index (χ2n) is 9.87. The molecule has 0 aliphatic carbocycles. The number of benzene rings is 3. The molecule has 2 heterocycles. The van der Waals surface area contributed by atoms with E-state index in [4.69, 9.17) is 4.84 Å². The molecule has 3 N–H and O–H groups in total. The molecule has 206 valence electrons. The molecule has 0 unspecified atom stereocenters. The number of fused-ring (bicyclic) bond motifs is 1. The van der Waals surface area contributed by atoms with Crippen molar-refractivity contribution in [3.63, 3.8) is 0 Å². The highest BCUT2D eigenvalue weighted by molar-refractivity contribution is 6.37. The van der Waals surface area contributed by atoms with Crippen LogP contribution >= 0.6 is 0 Å². The molecule has 0 atom stereocenters. The molecule has 40 heavy (non-hydrogen) atoms. The van der Waals surface area contributed by atoms with Crippen LogP contribution in [0.1, 0.15) is 37.4 Å².